The summed E-state index contributed by atoms with van der Waals surface area (Å²) in [6, 6.07) is 5.45. The number of rotatable bonds is 5. The fraction of sp³-hybridized carbons (Fsp3) is 0.500. The van der Waals surface area contributed by atoms with Crippen molar-refractivity contribution >= 4 is 5.91 Å². The fourth-order valence-corrected chi connectivity index (χ4v) is 2.13. The van der Waals surface area contributed by atoms with Crippen LogP contribution < -0.4 is 10.5 Å². The summed E-state index contributed by atoms with van der Waals surface area (Å²) in [5.41, 5.74) is 6.86. The predicted molar refractivity (Wildman–Crippen MR) is 69.4 cm³/mol. The lowest BCUT2D eigenvalue weighted by atomic mass is 9.75. The van der Waals surface area contributed by atoms with Crippen LogP contribution in [0, 0.1) is 0 Å². The highest BCUT2D eigenvalue weighted by Crippen LogP contribution is 2.39. The van der Waals surface area contributed by atoms with Crippen molar-refractivity contribution in [3.05, 3.63) is 29.3 Å². The Morgan fingerprint density at radius 1 is 1.35 bits per heavy atom. The van der Waals surface area contributed by atoms with Crippen molar-refractivity contribution in [3.63, 3.8) is 0 Å². The minimum atomic E-state index is -0.396. The van der Waals surface area contributed by atoms with Gasteiger partial charge in [-0.3, -0.25) is 4.79 Å². The van der Waals surface area contributed by atoms with Crippen molar-refractivity contribution in [1.82, 2.24) is 0 Å². The molecule has 1 aromatic rings. The molecule has 0 aliphatic carbocycles. The van der Waals surface area contributed by atoms with Crippen LogP contribution in [0.3, 0.4) is 0 Å². The Hall–Kier alpha value is -1.51. The molecule has 0 unspecified atom stereocenters. The summed E-state index contributed by atoms with van der Waals surface area (Å²) in [6.07, 6.45) is 1.87. The van der Waals surface area contributed by atoms with Crippen molar-refractivity contribution in [2.24, 2.45) is 5.73 Å². The molecular weight excluding hydrogens is 214 g/mol. The van der Waals surface area contributed by atoms with Gasteiger partial charge in [-0.05, 0) is 30.4 Å². The van der Waals surface area contributed by atoms with Crippen LogP contribution in [0.4, 0.5) is 0 Å². The molecule has 17 heavy (non-hydrogen) atoms. The molecule has 0 heterocycles. The molecule has 0 saturated heterocycles. The largest absolute Gasteiger partial charge is 0.496 e. The van der Waals surface area contributed by atoms with Crippen LogP contribution in [0.5, 0.6) is 5.75 Å². The maximum Gasteiger partial charge on any atom is 0.249 e. The summed E-state index contributed by atoms with van der Waals surface area (Å²) in [4.78, 5) is 11.5. The van der Waals surface area contributed by atoms with E-state index in [0.717, 1.165) is 24.2 Å². The van der Waals surface area contributed by atoms with Crippen molar-refractivity contribution in [2.45, 2.75) is 39.0 Å². The number of hydrogen-bond acceptors (Lipinski definition) is 2. The first-order chi connectivity index (χ1) is 8.00. The normalized spacial score (nSPS) is 11.3. The molecular formula is C14H21NO2. The van der Waals surface area contributed by atoms with Gasteiger partial charge < -0.3 is 10.5 Å². The zero-order chi connectivity index (χ0) is 13.1. The van der Waals surface area contributed by atoms with Gasteiger partial charge in [0.1, 0.15) is 5.75 Å². The molecule has 0 aromatic heterocycles. The standard InChI is InChI=1S/C14H21NO2/c1-5-14(3,6-2)12-10(13(15)16)8-7-9-11(12)17-4/h7-9H,5-6H2,1-4H3,(H2,15,16). The first-order valence-electron chi connectivity index (χ1n) is 5.97. The average Bonchev–Trinajstić information content (AvgIpc) is 2.36. The Kier molecular flexibility index (Phi) is 4.16. The molecule has 0 bridgehead atoms. The molecule has 0 spiro atoms. The van der Waals surface area contributed by atoms with Crippen LogP contribution in [0.1, 0.15) is 49.5 Å². The topological polar surface area (TPSA) is 52.3 Å². The van der Waals surface area contributed by atoms with Gasteiger partial charge in [0, 0.05) is 11.1 Å². The van der Waals surface area contributed by atoms with Crippen LogP contribution in [0.25, 0.3) is 0 Å². The van der Waals surface area contributed by atoms with Crippen LogP contribution in [-0.4, -0.2) is 13.0 Å². The highest BCUT2D eigenvalue weighted by molar-refractivity contribution is 5.95. The van der Waals surface area contributed by atoms with Crippen molar-refractivity contribution in [2.75, 3.05) is 7.11 Å². The number of nitrogens with two attached hydrogens (primary N) is 1. The first-order valence-corrected chi connectivity index (χ1v) is 5.97. The lowest BCUT2D eigenvalue weighted by Crippen LogP contribution is -2.26. The van der Waals surface area contributed by atoms with E-state index in [1.54, 1.807) is 19.2 Å². The molecule has 0 aliphatic rings. The van der Waals surface area contributed by atoms with Crippen molar-refractivity contribution in [1.29, 1.82) is 0 Å². The molecule has 0 radical (unpaired) electrons. The van der Waals surface area contributed by atoms with E-state index in [2.05, 4.69) is 20.8 Å². The highest BCUT2D eigenvalue weighted by Gasteiger charge is 2.30. The molecule has 94 valence electrons. The maximum absolute atomic E-state index is 11.5. The Labute approximate surface area is 103 Å². The van der Waals surface area contributed by atoms with Gasteiger partial charge in [0.25, 0.3) is 0 Å². The third-order valence-corrected chi connectivity index (χ3v) is 3.68. The lowest BCUT2D eigenvalue weighted by molar-refractivity contribution is 0.0997. The van der Waals surface area contributed by atoms with E-state index in [0.29, 0.717) is 5.56 Å². The van der Waals surface area contributed by atoms with Gasteiger partial charge >= 0.3 is 0 Å². The van der Waals surface area contributed by atoms with Gasteiger partial charge in [-0.2, -0.15) is 0 Å². The van der Waals surface area contributed by atoms with E-state index in [-0.39, 0.29) is 5.41 Å². The summed E-state index contributed by atoms with van der Waals surface area (Å²) < 4.78 is 5.38. The quantitative estimate of drug-likeness (QED) is 0.853. The molecule has 1 rings (SSSR count). The third-order valence-electron chi connectivity index (χ3n) is 3.68. The van der Waals surface area contributed by atoms with Gasteiger partial charge in [0.2, 0.25) is 5.91 Å². The van der Waals surface area contributed by atoms with E-state index in [4.69, 9.17) is 10.5 Å². The Bertz CT molecular complexity index is 409. The van der Waals surface area contributed by atoms with Crippen LogP contribution in [0.15, 0.2) is 18.2 Å². The monoisotopic (exact) mass is 235 g/mol. The number of methoxy groups -OCH3 is 1. The summed E-state index contributed by atoms with van der Waals surface area (Å²) in [5.74, 6) is 0.347. The van der Waals surface area contributed by atoms with Crippen molar-refractivity contribution in [3.8, 4) is 5.75 Å². The van der Waals surface area contributed by atoms with E-state index in [9.17, 15) is 4.79 Å². The second-order valence-electron chi connectivity index (χ2n) is 4.51. The summed E-state index contributed by atoms with van der Waals surface area (Å²) in [7, 11) is 1.62. The zero-order valence-electron chi connectivity index (χ0n) is 11.0. The second-order valence-corrected chi connectivity index (χ2v) is 4.51. The molecule has 1 amide bonds. The van der Waals surface area contributed by atoms with Crippen molar-refractivity contribution < 1.29 is 9.53 Å². The number of carbonyl (C=O) groups excluding carboxylic acids is 1. The molecule has 0 aliphatic heterocycles. The summed E-state index contributed by atoms with van der Waals surface area (Å²) in [6.45, 7) is 6.36. The van der Waals surface area contributed by atoms with E-state index < -0.39 is 5.91 Å². The molecule has 0 atom stereocenters. The number of amides is 1. The SMILES string of the molecule is CCC(C)(CC)c1c(OC)cccc1C(N)=O. The van der Waals surface area contributed by atoms with Gasteiger partial charge in [-0.15, -0.1) is 0 Å². The molecule has 0 saturated carbocycles. The summed E-state index contributed by atoms with van der Waals surface area (Å²) >= 11 is 0. The second kappa shape index (κ2) is 5.21. The Balaban J connectivity index is 3.51. The number of ether oxygens (including phenoxy) is 1. The Morgan fingerprint density at radius 3 is 2.35 bits per heavy atom. The minimum absolute atomic E-state index is 0.0863. The number of carbonyl (C=O) groups is 1. The Morgan fingerprint density at radius 2 is 1.94 bits per heavy atom. The average molecular weight is 235 g/mol. The minimum Gasteiger partial charge on any atom is -0.496 e. The van der Waals surface area contributed by atoms with Gasteiger partial charge in [-0.25, -0.2) is 0 Å². The number of primary amides is 1. The molecule has 3 nitrogen and oxygen atoms in total. The number of hydrogen-bond donors (Lipinski definition) is 1. The predicted octanol–water partition coefficient (Wildman–Crippen LogP) is 2.87. The third kappa shape index (κ3) is 2.43. The maximum atomic E-state index is 11.5. The molecule has 1 aromatic carbocycles. The number of benzene rings is 1. The fourth-order valence-electron chi connectivity index (χ4n) is 2.13. The van der Waals surface area contributed by atoms with Gasteiger partial charge in [0.15, 0.2) is 0 Å². The van der Waals surface area contributed by atoms with Gasteiger partial charge in [0.05, 0.1) is 7.11 Å². The van der Waals surface area contributed by atoms with Gasteiger partial charge in [-0.1, -0.05) is 26.8 Å². The molecule has 2 N–H and O–H groups in total. The van der Waals surface area contributed by atoms with E-state index in [1.165, 1.54) is 0 Å². The first kappa shape index (κ1) is 13.6. The molecule has 0 fully saturated rings. The zero-order valence-corrected chi connectivity index (χ0v) is 11.0. The smallest absolute Gasteiger partial charge is 0.249 e. The van der Waals surface area contributed by atoms with Crippen LogP contribution in [0.2, 0.25) is 0 Å². The van der Waals surface area contributed by atoms with Crippen LogP contribution >= 0.6 is 0 Å². The summed E-state index contributed by atoms with van der Waals surface area (Å²) in [5, 5.41) is 0. The highest BCUT2D eigenvalue weighted by atomic mass is 16.5. The van der Waals surface area contributed by atoms with E-state index in [1.807, 2.05) is 6.07 Å². The lowest BCUT2D eigenvalue weighted by Gasteiger charge is -2.30. The van der Waals surface area contributed by atoms with E-state index >= 15 is 0 Å². The molecule has 3 heteroatoms. The van der Waals surface area contributed by atoms with Crippen LogP contribution in [-0.2, 0) is 5.41 Å².